The molecule has 1 aliphatic heterocycles. The van der Waals surface area contributed by atoms with E-state index in [0.717, 1.165) is 26.1 Å². The summed E-state index contributed by atoms with van der Waals surface area (Å²) in [6, 6.07) is 5.05. The normalized spacial score (nSPS) is 16.7. The Morgan fingerprint density at radius 3 is 2.83 bits per heavy atom. The van der Waals surface area contributed by atoms with Crippen LogP contribution >= 0.6 is 11.8 Å². The third-order valence-corrected chi connectivity index (χ3v) is 4.43. The molecule has 5 heteroatoms. The maximum absolute atomic E-state index is 14.0. The van der Waals surface area contributed by atoms with E-state index in [1.807, 2.05) is 0 Å². The van der Waals surface area contributed by atoms with Crippen LogP contribution < -0.4 is 5.73 Å². The average molecular weight is 268 g/mol. The van der Waals surface area contributed by atoms with Crippen LogP contribution in [0, 0.1) is 11.2 Å². The lowest BCUT2D eigenvalue weighted by molar-refractivity contribution is 0.1000. The fourth-order valence-electron chi connectivity index (χ4n) is 1.95. The molecular formula is C13H17FN2OS. The van der Waals surface area contributed by atoms with Gasteiger partial charge in [-0.1, -0.05) is 12.1 Å². The standard InChI is InChI=1S/C13H17FN2OS/c14-12-9(2-1-3-11(12)13(15)16)8-18-10-4-6-17-7-5-10/h1-3,10H,4-8H2,(H3,15,16). The van der Waals surface area contributed by atoms with Gasteiger partial charge >= 0.3 is 0 Å². The molecule has 0 atom stereocenters. The van der Waals surface area contributed by atoms with Gasteiger partial charge in [0, 0.05) is 24.2 Å². The largest absolute Gasteiger partial charge is 0.384 e. The van der Waals surface area contributed by atoms with E-state index >= 15 is 0 Å². The highest BCUT2D eigenvalue weighted by molar-refractivity contribution is 7.99. The van der Waals surface area contributed by atoms with Crippen molar-refractivity contribution in [2.75, 3.05) is 13.2 Å². The number of rotatable bonds is 4. The van der Waals surface area contributed by atoms with Gasteiger partial charge in [0.15, 0.2) is 0 Å². The zero-order valence-corrected chi connectivity index (χ0v) is 10.9. The molecule has 0 aliphatic carbocycles. The van der Waals surface area contributed by atoms with E-state index in [0.29, 0.717) is 16.6 Å². The molecule has 0 unspecified atom stereocenters. The summed E-state index contributed by atoms with van der Waals surface area (Å²) < 4.78 is 19.3. The molecule has 0 spiro atoms. The first-order valence-electron chi connectivity index (χ1n) is 5.99. The molecule has 1 saturated heterocycles. The Morgan fingerprint density at radius 2 is 2.17 bits per heavy atom. The van der Waals surface area contributed by atoms with E-state index in [9.17, 15) is 4.39 Å². The summed E-state index contributed by atoms with van der Waals surface area (Å²) >= 11 is 1.75. The highest BCUT2D eigenvalue weighted by atomic mass is 32.2. The molecule has 2 rings (SSSR count). The molecule has 98 valence electrons. The van der Waals surface area contributed by atoms with E-state index in [1.54, 1.807) is 30.0 Å². The van der Waals surface area contributed by atoms with Gasteiger partial charge < -0.3 is 10.5 Å². The van der Waals surface area contributed by atoms with E-state index in [2.05, 4.69) is 0 Å². The Labute approximate surface area is 110 Å². The first-order valence-corrected chi connectivity index (χ1v) is 7.04. The van der Waals surface area contributed by atoms with Crippen LogP contribution in [0.1, 0.15) is 24.0 Å². The Bertz CT molecular complexity index is 433. The number of nitrogens with one attached hydrogen (secondary N) is 1. The van der Waals surface area contributed by atoms with Crippen LogP contribution in [-0.2, 0) is 10.5 Å². The van der Waals surface area contributed by atoms with E-state index in [1.165, 1.54) is 0 Å². The van der Waals surface area contributed by atoms with Crippen LogP contribution in [0.25, 0.3) is 0 Å². The summed E-state index contributed by atoms with van der Waals surface area (Å²) in [6.45, 7) is 1.60. The monoisotopic (exact) mass is 268 g/mol. The van der Waals surface area contributed by atoms with E-state index in [4.69, 9.17) is 15.9 Å². The lowest BCUT2D eigenvalue weighted by Crippen LogP contribution is -2.18. The van der Waals surface area contributed by atoms with Crippen molar-refractivity contribution in [2.45, 2.75) is 23.8 Å². The highest BCUT2D eigenvalue weighted by Gasteiger charge is 2.16. The van der Waals surface area contributed by atoms with Gasteiger partial charge in [0.25, 0.3) is 0 Å². The van der Waals surface area contributed by atoms with Crippen molar-refractivity contribution in [3.63, 3.8) is 0 Å². The molecule has 0 amide bonds. The number of amidine groups is 1. The SMILES string of the molecule is N=C(N)c1cccc(CSC2CCOCC2)c1F. The number of nitrogen functional groups attached to an aromatic ring is 1. The number of thioether (sulfide) groups is 1. The van der Waals surface area contributed by atoms with Gasteiger partial charge in [-0.15, -0.1) is 0 Å². The third-order valence-electron chi connectivity index (χ3n) is 3.01. The van der Waals surface area contributed by atoms with Crippen LogP contribution in [0.2, 0.25) is 0 Å². The van der Waals surface area contributed by atoms with Gasteiger partial charge in [0.05, 0.1) is 5.56 Å². The maximum atomic E-state index is 14.0. The maximum Gasteiger partial charge on any atom is 0.138 e. The summed E-state index contributed by atoms with van der Waals surface area (Å²) in [6.07, 6.45) is 2.05. The summed E-state index contributed by atoms with van der Waals surface area (Å²) in [5.41, 5.74) is 6.16. The molecule has 0 bridgehead atoms. The molecule has 18 heavy (non-hydrogen) atoms. The van der Waals surface area contributed by atoms with Crippen LogP contribution in [0.4, 0.5) is 4.39 Å². The molecular weight excluding hydrogens is 251 g/mol. The smallest absolute Gasteiger partial charge is 0.138 e. The number of hydrogen-bond acceptors (Lipinski definition) is 3. The lowest BCUT2D eigenvalue weighted by Gasteiger charge is -2.21. The van der Waals surface area contributed by atoms with Gasteiger partial charge in [-0.05, 0) is 24.5 Å². The van der Waals surface area contributed by atoms with Crippen LogP contribution in [0.5, 0.6) is 0 Å². The van der Waals surface area contributed by atoms with Crippen molar-refractivity contribution in [2.24, 2.45) is 5.73 Å². The van der Waals surface area contributed by atoms with Gasteiger partial charge in [0.2, 0.25) is 0 Å². The molecule has 0 saturated carbocycles. The summed E-state index contributed by atoms with van der Waals surface area (Å²) in [4.78, 5) is 0. The predicted octanol–water partition coefficient (Wildman–Crippen LogP) is 2.52. The second-order valence-corrected chi connectivity index (χ2v) is 5.60. The summed E-state index contributed by atoms with van der Waals surface area (Å²) in [5.74, 6) is 0.0485. The average Bonchev–Trinajstić information content (AvgIpc) is 2.38. The highest BCUT2D eigenvalue weighted by Crippen LogP contribution is 2.27. The molecule has 1 fully saturated rings. The Hall–Kier alpha value is -1.07. The quantitative estimate of drug-likeness (QED) is 0.651. The van der Waals surface area contributed by atoms with Crippen molar-refractivity contribution in [3.8, 4) is 0 Å². The molecule has 0 aromatic heterocycles. The zero-order chi connectivity index (χ0) is 13.0. The molecule has 0 radical (unpaired) electrons. The van der Waals surface area contributed by atoms with Gasteiger partial charge in [0.1, 0.15) is 11.7 Å². The molecule has 1 aliphatic rings. The minimum atomic E-state index is -0.357. The minimum Gasteiger partial charge on any atom is -0.384 e. The number of hydrogen-bond donors (Lipinski definition) is 2. The van der Waals surface area contributed by atoms with Crippen molar-refractivity contribution in [3.05, 3.63) is 35.1 Å². The van der Waals surface area contributed by atoms with Crippen molar-refractivity contribution >= 4 is 17.6 Å². The van der Waals surface area contributed by atoms with Crippen LogP contribution in [0.3, 0.4) is 0 Å². The van der Waals surface area contributed by atoms with Crippen molar-refractivity contribution in [1.29, 1.82) is 5.41 Å². The van der Waals surface area contributed by atoms with Crippen molar-refractivity contribution < 1.29 is 9.13 Å². The van der Waals surface area contributed by atoms with Crippen molar-refractivity contribution in [1.82, 2.24) is 0 Å². The van der Waals surface area contributed by atoms with Crippen LogP contribution in [0.15, 0.2) is 18.2 Å². The Morgan fingerprint density at radius 1 is 1.44 bits per heavy atom. The fourth-order valence-corrected chi connectivity index (χ4v) is 3.11. The second kappa shape index (κ2) is 6.20. The number of benzene rings is 1. The molecule has 3 N–H and O–H groups in total. The first-order chi connectivity index (χ1) is 8.68. The zero-order valence-electron chi connectivity index (χ0n) is 10.1. The number of ether oxygens (including phenoxy) is 1. The topological polar surface area (TPSA) is 59.1 Å². The van der Waals surface area contributed by atoms with E-state index < -0.39 is 0 Å². The van der Waals surface area contributed by atoms with E-state index in [-0.39, 0.29) is 17.2 Å². The molecule has 1 aromatic rings. The predicted molar refractivity (Wildman–Crippen MR) is 72.6 cm³/mol. The Balaban J connectivity index is 2.00. The number of nitrogens with two attached hydrogens (primary N) is 1. The third kappa shape index (κ3) is 3.23. The minimum absolute atomic E-state index is 0.195. The summed E-state index contributed by atoms with van der Waals surface area (Å²) in [5, 5.41) is 7.86. The van der Waals surface area contributed by atoms with Gasteiger partial charge in [-0.25, -0.2) is 4.39 Å². The molecule has 1 aromatic carbocycles. The number of halogens is 1. The lowest BCUT2D eigenvalue weighted by atomic mass is 10.1. The van der Waals surface area contributed by atoms with Gasteiger partial charge in [-0.3, -0.25) is 5.41 Å². The molecule has 3 nitrogen and oxygen atoms in total. The van der Waals surface area contributed by atoms with Gasteiger partial charge in [-0.2, -0.15) is 11.8 Å². The first kappa shape index (κ1) is 13.4. The summed E-state index contributed by atoms with van der Waals surface area (Å²) in [7, 11) is 0. The Kier molecular flexibility index (Phi) is 4.60. The fraction of sp³-hybridized carbons (Fsp3) is 0.462. The van der Waals surface area contributed by atoms with Crippen LogP contribution in [-0.4, -0.2) is 24.3 Å². The second-order valence-electron chi connectivity index (χ2n) is 4.32. The molecule has 1 heterocycles.